The van der Waals surface area contributed by atoms with E-state index in [2.05, 4.69) is 5.32 Å². The van der Waals surface area contributed by atoms with Gasteiger partial charge in [-0.3, -0.25) is 9.59 Å². The molecule has 0 fully saturated rings. The van der Waals surface area contributed by atoms with Crippen LogP contribution in [0.4, 0.5) is 4.39 Å². The van der Waals surface area contributed by atoms with Gasteiger partial charge in [-0.05, 0) is 53.9 Å². The maximum Gasteiger partial charge on any atom is 0.261 e. The molecule has 0 heterocycles. The van der Waals surface area contributed by atoms with Crippen LogP contribution in [0.1, 0.15) is 21.5 Å². The zero-order valence-corrected chi connectivity index (χ0v) is 17.9. The van der Waals surface area contributed by atoms with Crippen LogP contribution in [-0.4, -0.2) is 26.2 Å². The maximum atomic E-state index is 13.1. The summed E-state index contributed by atoms with van der Waals surface area (Å²) in [5, 5.41) is 2.73. The van der Waals surface area contributed by atoms with E-state index in [0.717, 1.165) is 5.56 Å². The van der Waals surface area contributed by atoms with E-state index >= 15 is 0 Å². The van der Waals surface area contributed by atoms with E-state index < -0.39 is 26.8 Å². The monoisotopic (exact) mass is 459 g/mol. The van der Waals surface area contributed by atoms with Gasteiger partial charge in [-0.2, -0.15) is 0 Å². The highest BCUT2D eigenvalue weighted by molar-refractivity contribution is 8.13. The molecule has 8 heteroatoms. The molecule has 0 aliphatic rings. The second-order valence-corrected chi connectivity index (χ2v) is 9.51. The lowest BCUT2D eigenvalue weighted by Gasteiger charge is -2.18. The summed E-state index contributed by atoms with van der Waals surface area (Å²) in [6, 6.07) is 19.1. The van der Waals surface area contributed by atoms with E-state index in [1.807, 2.05) is 30.3 Å². The molecule has 0 aromatic heterocycles. The van der Waals surface area contributed by atoms with Crippen molar-refractivity contribution in [3.63, 3.8) is 0 Å². The third-order valence-electron chi connectivity index (χ3n) is 4.67. The Labute approximate surface area is 184 Å². The minimum atomic E-state index is -3.85. The van der Waals surface area contributed by atoms with Crippen molar-refractivity contribution in [2.24, 2.45) is 0 Å². The molecule has 1 amide bonds. The van der Waals surface area contributed by atoms with Crippen molar-refractivity contribution in [1.82, 2.24) is 5.32 Å². The molecule has 3 aromatic rings. The fourth-order valence-corrected chi connectivity index (χ4v) is 3.80. The van der Waals surface area contributed by atoms with E-state index in [0.29, 0.717) is 5.56 Å². The predicted octanol–water partition coefficient (Wildman–Crippen LogP) is 3.91. The molecule has 3 aromatic carbocycles. The van der Waals surface area contributed by atoms with E-state index in [1.54, 1.807) is 0 Å². The van der Waals surface area contributed by atoms with Crippen LogP contribution < -0.4 is 5.32 Å². The SMILES string of the molecule is O=C(N[C@@H](Cc1ccccc1)C(=O)Cc1ccc(S(=O)(=O)Cl)cc1)c1ccc(F)cc1. The Morgan fingerprint density at radius 2 is 1.48 bits per heavy atom. The van der Waals surface area contributed by atoms with Gasteiger partial charge in [-0.25, -0.2) is 12.8 Å². The van der Waals surface area contributed by atoms with Gasteiger partial charge in [-0.1, -0.05) is 42.5 Å². The minimum absolute atomic E-state index is 0.0101. The lowest BCUT2D eigenvalue weighted by Crippen LogP contribution is -2.43. The summed E-state index contributed by atoms with van der Waals surface area (Å²) in [6.07, 6.45) is 0.268. The van der Waals surface area contributed by atoms with Crippen LogP contribution in [0.15, 0.2) is 83.8 Å². The molecule has 0 aliphatic heterocycles. The molecule has 3 rings (SSSR count). The molecular formula is C23H19ClFNO4S. The molecule has 0 saturated carbocycles. The lowest BCUT2D eigenvalue weighted by molar-refractivity contribution is -0.120. The third kappa shape index (κ3) is 6.47. The van der Waals surface area contributed by atoms with Gasteiger partial charge in [0.05, 0.1) is 10.9 Å². The number of carbonyl (C=O) groups is 2. The van der Waals surface area contributed by atoms with Crippen molar-refractivity contribution in [3.8, 4) is 0 Å². The number of Topliss-reactive ketones (excluding diaryl/α,β-unsaturated/α-hetero) is 1. The largest absolute Gasteiger partial charge is 0.342 e. The summed E-state index contributed by atoms with van der Waals surface area (Å²) < 4.78 is 35.9. The molecule has 1 atom stereocenters. The van der Waals surface area contributed by atoms with Gasteiger partial charge in [0.2, 0.25) is 0 Å². The van der Waals surface area contributed by atoms with Gasteiger partial charge < -0.3 is 5.32 Å². The summed E-state index contributed by atoms with van der Waals surface area (Å²) in [4.78, 5) is 25.5. The van der Waals surface area contributed by atoms with Crippen molar-refractivity contribution < 1.29 is 22.4 Å². The van der Waals surface area contributed by atoms with Crippen molar-refractivity contribution >= 4 is 31.4 Å². The number of benzene rings is 3. The first-order valence-electron chi connectivity index (χ1n) is 9.39. The van der Waals surface area contributed by atoms with Crippen LogP contribution in [0.2, 0.25) is 0 Å². The number of ketones is 1. The number of carbonyl (C=O) groups excluding carboxylic acids is 2. The molecule has 1 N–H and O–H groups in total. The van der Waals surface area contributed by atoms with Crippen molar-refractivity contribution in [2.45, 2.75) is 23.8 Å². The molecule has 0 aliphatic carbocycles. The second-order valence-electron chi connectivity index (χ2n) is 6.95. The highest BCUT2D eigenvalue weighted by Crippen LogP contribution is 2.16. The Kier molecular flexibility index (Phi) is 7.20. The highest BCUT2D eigenvalue weighted by Gasteiger charge is 2.22. The zero-order chi connectivity index (χ0) is 22.4. The average molecular weight is 460 g/mol. The van der Waals surface area contributed by atoms with Crippen LogP contribution >= 0.6 is 10.7 Å². The van der Waals surface area contributed by atoms with E-state index in [4.69, 9.17) is 10.7 Å². The number of amides is 1. The van der Waals surface area contributed by atoms with Crippen molar-refractivity contribution in [1.29, 1.82) is 0 Å². The Morgan fingerprint density at radius 3 is 2.06 bits per heavy atom. The minimum Gasteiger partial charge on any atom is -0.342 e. The zero-order valence-electron chi connectivity index (χ0n) is 16.3. The lowest BCUT2D eigenvalue weighted by atomic mass is 9.97. The van der Waals surface area contributed by atoms with Crippen molar-refractivity contribution in [3.05, 3.63) is 101 Å². The van der Waals surface area contributed by atoms with Gasteiger partial charge in [0.1, 0.15) is 5.82 Å². The second kappa shape index (κ2) is 9.85. The first kappa shape index (κ1) is 22.7. The normalized spacial score (nSPS) is 12.2. The Bertz CT molecular complexity index is 1160. The summed E-state index contributed by atoms with van der Waals surface area (Å²) >= 11 is 0. The summed E-state index contributed by atoms with van der Waals surface area (Å²) in [5.74, 6) is -1.20. The fraction of sp³-hybridized carbons (Fsp3) is 0.130. The molecule has 31 heavy (non-hydrogen) atoms. The number of hydrogen-bond acceptors (Lipinski definition) is 4. The van der Waals surface area contributed by atoms with E-state index in [9.17, 15) is 22.4 Å². The van der Waals surface area contributed by atoms with Crippen LogP contribution in [0, 0.1) is 5.82 Å². The summed E-state index contributed by atoms with van der Waals surface area (Å²) in [5.41, 5.74) is 1.69. The number of halogens is 2. The number of rotatable bonds is 8. The standard InChI is InChI=1S/C23H19ClFNO4S/c24-31(29,30)20-12-6-17(7-13-20)15-22(27)21(14-16-4-2-1-3-5-16)26-23(28)18-8-10-19(25)11-9-18/h1-13,21H,14-15H2,(H,26,28)/t21-/m0/s1. The van der Waals surface area contributed by atoms with Gasteiger partial charge in [0.15, 0.2) is 5.78 Å². The summed E-state index contributed by atoms with van der Waals surface area (Å²) in [7, 11) is 1.47. The molecule has 5 nitrogen and oxygen atoms in total. The summed E-state index contributed by atoms with van der Waals surface area (Å²) in [6.45, 7) is 0. The van der Waals surface area contributed by atoms with Gasteiger partial charge in [0, 0.05) is 22.7 Å². The Morgan fingerprint density at radius 1 is 0.871 bits per heavy atom. The van der Waals surface area contributed by atoms with E-state index in [-0.39, 0.29) is 29.1 Å². The highest BCUT2D eigenvalue weighted by atomic mass is 35.7. The number of hydrogen-bond donors (Lipinski definition) is 1. The molecule has 0 radical (unpaired) electrons. The molecule has 0 bridgehead atoms. The van der Waals surface area contributed by atoms with Crippen LogP contribution in [0.25, 0.3) is 0 Å². The quantitative estimate of drug-likeness (QED) is 0.518. The smallest absolute Gasteiger partial charge is 0.261 e. The molecule has 160 valence electrons. The van der Waals surface area contributed by atoms with Crippen LogP contribution in [0.3, 0.4) is 0 Å². The third-order valence-corrected chi connectivity index (χ3v) is 6.04. The van der Waals surface area contributed by atoms with Gasteiger partial charge in [0.25, 0.3) is 15.0 Å². The van der Waals surface area contributed by atoms with Gasteiger partial charge in [-0.15, -0.1) is 0 Å². The number of nitrogens with one attached hydrogen (secondary N) is 1. The maximum absolute atomic E-state index is 13.1. The fourth-order valence-electron chi connectivity index (χ4n) is 3.03. The average Bonchev–Trinajstić information content (AvgIpc) is 2.74. The van der Waals surface area contributed by atoms with E-state index in [1.165, 1.54) is 48.5 Å². The topological polar surface area (TPSA) is 80.3 Å². The molecular weight excluding hydrogens is 441 g/mol. The van der Waals surface area contributed by atoms with Crippen LogP contribution in [0.5, 0.6) is 0 Å². The van der Waals surface area contributed by atoms with Gasteiger partial charge >= 0.3 is 0 Å². The first-order valence-corrected chi connectivity index (χ1v) is 11.7. The molecule has 0 unspecified atom stereocenters. The Balaban J connectivity index is 1.78. The van der Waals surface area contributed by atoms with Crippen molar-refractivity contribution in [2.75, 3.05) is 0 Å². The first-order chi connectivity index (χ1) is 14.7. The predicted molar refractivity (Wildman–Crippen MR) is 116 cm³/mol. The molecule has 0 spiro atoms. The Hall–Kier alpha value is -3.03. The van der Waals surface area contributed by atoms with Crippen LogP contribution in [-0.2, 0) is 26.7 Å². The molecule has 0 saturated heterocycles.